The molecule has 6 nitrogen and oxygen atoms in total. The number of hydrogen-bond donors (Lipinski definition) is 1. The Balaban J connectivity index is 1.72. The summed E-state index contributed by atoms with van der Waals surface area (Å²) in [5.74, 6) is 0. The molecule has 1 fully saturated rings. The van der Waals surface area contributed by atoms with Gasteiger partial charge in [-0.25, -0.2) is 0 Å². The molecule has 0 radical (unpaired) electrons. The summed E-state index contributed by atoms with van der Waals surface area (Å²) >= 11 is 12.5. The fourth-order valence-corrected chi connectivity index (χ4v) is 4.76. The van der Waals surface area contributed by atoms with Gasteiger partial charge in [0.2, 0.25) is 0 Å². The summed E-state index contributed by atoms with van der Waals surface area (Å²) in [5.41, 5.74) is 2.33. The van der Waals surface area contributed by atoms with Gasteiger partial charge in [0.05, 0.1) is 15.7 Å². The molecule has 1 aliphatic heterocycles. The van der Waals surface area contributed by atoms with Crippen molar-refractivity contribution in [2.75, 3.05) is 35.8 Å². The third-order valence-electron chi connectivity index (χ3n) is 4.24. The van der Waals surface area contributed by atoms with Crippen LogP contribution in [-0.2, 0) is 10.2 Å². The SMILES string of the molecule is Cc1ccc(NS(=O)(=O)N2CCCN(c3c(Cl)cncc3Cl)CC2)cc1. The van der Waals surface area contributed by atoms with Crippen LogP contribution < -0.4 is 9.62 Å². The maximum Gasteiger partial charge on any atom is 0.301 e. The standard InChI is InChI=1S/C17H20Cl2N4O2S/c1-13-3-5-14(6-4-13)21-26(24,25)23-8-2-7-22(9-10-23)17-15(18)11-20-12-16(17)19/h3-6,11-12,21H,2,7-10H2,1H3. The van der Waals surface area contributed by atoms with Crippen LogP contribution in [0.25, 0.3) is 0 Å². The number of halogens is 2. The molecule has 0 spiro atoms. The Labute approximate surface area is 163 Å². The van der Waals surface area contributed by atoms with Crippen LogP contribution in [0.15, 0.2) is 36.7 Å². The van der Waals surface area contributed by atoms with Gasteiger partial charge in [0, 0.05) is 44.3 Å². The summed E-state index contributed by atoms with van der Waals surface area (Å²) in [6, 6.07) is 7.26. The zero-order valence-corrected chi connectivity index (χ0v) is 16.7. The van der Waals surface area contributed by atoms with E-state index in [1.165, 1.54) is 4.31 Å². The van der Waals surface area contributed by atoms with E-state index in [9.17, 15) is 8.42 Å². The van der Waals surface area contributed by atoms with Gasteiger partial charge in [0.1, 0.15) is 0 Å². The second kappa shape index (κ2) is 8.00. The van der Waals surface area contributed by atoms with Crippen molar-refractivity contribution in [3.8, 4) is 0 Å². The van der Waals surface area contributed by atoms with E-state index in [-0.39, 0.29) is 0 Å². The third kappa shape index (κ3) is 4.40. The maximum absolute atomic E-state index is 12.7. The average molecular weight is 415 g/mol. The van der Waals surface area contributed by atoms with Crippen LogP contribution in [0.1, 0.15) is 12.0 Å². The number of pyridine rings is 1. The summed E-state index contributed by atoms with van der Waals surface area (Å²) in [6.45, 7) is 3.89. The lowest BCUT2D eigenvalue weighted by Gasteiger charge is -2.25. The number of benzene rings is 1. The van der Waals surface area contributed by atoms with Crippen LogP contribution >= 0.6 is 23.2 Å². The topological polar surface area (TPSA) is 65.5 Å². The molecule has 26 heavy (non-hydrogen) atoms. The van der Waals surface area contributed by atoms with Gasteiger partial charge in [0.15, 0.2) is 0 Å². The first-order valence-corrected chi connectivity index (χ1v) is 10.4. The van der Waals surface area contributed by atoms with Gasteiger partial charge in [-0.15, -0.1) is 0 Å². The van der Waals surface area contributed by atoms with Crippen molar-refractivity contribution >= 4 is 44.8 Å². The van der Waals surface area contributed by atoms with E-state index >= 15 is 0 Å². The molecule has 3 rings (SSSR count). The number of hydrogen-bond acceptors (Lipinski definition) is 4. The number of aromatic nitrogens is 1. The number of nitrogens with zero attached hydrogens (tertiary/aromatic N) is 3. The Kier molecular flexibility index (Phi) is 5.92. The Hall–Kier alpha value is -1.54. The minimum absolute atomic E-state index is 0.343. The molecule has 0 aliphatic carbocycles. The predicted octanol–water partition coefficient (Wildman–Crippen LogP) is 3.57. The van der Waals surface area contributed by atoms with Gasteiger partial charge in [-0.3, -0.25) is 9.71 Å². The summed E-state index contributed by atoms with van der Waals surface area (Å²) < 4.78 is 29.5. The summed E-state index contributed by atoms with van der Waals surface area (Å²) in [7, 11) is -3.62. The van der Waals surface area contributed by atoms with Crippen molar-refractivity contribution in [1.82, 2.24) is 9.29 Å². The van der Waals surface area contributed by atoms with E-state index in [0.717, 1.165) is 5.56 Å². The zero-order valence-electron chi connectivity index (χ0n) is 14.3. The molecule has 1 N–H and O–H groups in total. The molecule has 2 heterocycles. The number of aryl methyl sites for hydroxylation is 1. The maximum atomic E-state index is 12.7. The highest BCUT2D eigenvalue weighted by Gasteiger charge is 2.26. The van der Waals surface area contributed by atoms with E-state index in [0.29, 0.717) is 54.0 Å². The molecular weight excluding hydrogens is 395 g/mol. The molecular formula is C17H20Cl2N4O2S. The van der Waals surface area contributed by atoms with E-state index in [1.807, 2.05) is 24.0 Å². The second-order valence-corrected chi connectivity index (χ2v) is 8.65. The van der Waals surface area contributed by atoms with Gasteiger partial charge in [0.25, 0.3) is 0 Å². The molecule has 0 saturated carbocycles. The number of anilines is 2. The van der Waals surface area contributed by atoms with E-state index in [1.54, 1.807) is 24.5 Å². The Morgan fingerprint density at radius 3 is 2.31 bits per heavy atom. The van der Waals surface area contributed by atoms with Gasteiger partial charge in [-0.2, -0.15) is 12.7 Å². The Bertz CT molecular complexity index is 855. The van der Waals surface area contributed by atoms with Crippen LogP contribution in [0.4, 0.5) is 11.4 Å². The number of rotatable bonds is 4. The largest absolute Gasteiger partial charge is 0.368 e. The lowest BCUT2D eigenvalue weighted by Crippen LogP contribution is -2.38. The van der Waals surface area contributed by atoms with Crippen molar-refractivity contribution in [3.05, 3.63) is 52.3 Å². The highest BCUT2D eigenvalue weighted by molar-refractivity contribution is 7.90. The molecule has 1 aliphatic rings. The zero-order chi connectivity index (χ0) is 18.7. The Morgan fingerprint density at radius 2 is 1.65 bits per heavy atom. The summed E-state index contributed by atoms with van der Waals surface area (Å²) in [5, 5.41) is 0.929. The molecule has 0 bridgehead atoms. The smallest absolute Gasteiger partial charge is 0.301 e. The molecule has 1 aromatic heterocycles. The molecule has 9 heteroatoms. The van der Waals surface area contributed by atoms with Crippen molar-refractivity contribution < 1.29 is 8.42 Å². The third-order valence-corrected chi connectivity index (χ3v) is 6.33. The monoisotopic (exact) mass is 414 g/mol. The van der Waals surface area contributed by atoms with Gasteiger partial charge >= 0.3 is 10.2 Å². The van der Waals surface area contributed by atoms with Gasteiger partial charge < -0.3 is 4.90 Å². The summed E-state index contributed by atoms with van der Waals surface area (Å²) in [6.07, 6.45) is 3.76. The number of nitrogens with one attached hydrogen (secondary N) is 1. The van der Waals surface area contributed by atoms with Crippen molar-refractivity contribution in [2.45, 2.75) is 13.3 Å². The van der Waals surface area contributed by atoms with E-state index in [4.69, 9.17) is 23.2 Å². The molecule has 0 unspecified atom stereocenters. The molecule has 1 aromatic carbocycles. The fourth-order valence-electron chi connectivity index (χ4n) is 2.90. The van der Waals surface area contributed by atoms with Crippen LogP contribution in [0.5, 0.6) is 0 Å². The molecule has 1 saturated heterocycles. The van der Waals surface area contributed by atoms with E-state index in [2.05, 4.69) is 9.71 Å². The van der Waals surface area contributed by atoms with Crippen molar-refractivity contribution in [3.63, 3.8) is 0 Å². The highest BCUT2D eigenvalue weighted by atomic mass is 35.5. The summed E-state index contributed by atoms with van der Waals surface area (Å²) in [4.78, 5) is 5.97. The second-order valence-electron chi connectivity index (χ2n) is 6.16. The van der Waals surface area contributed by atoms with Crippen LogP contribution in [0.2, 0.25) is 10.0 Å². The molecule has 2 aromatic rings. The molecule has 0 amide bonds. The predicted molar refractivity (Wildman–Crippen MR) is 106 cm³/mol. The average Bonchev–Trinajstić information content (AvgIpc) is 2.83. The first-order chi connectivity index (χ1) is 12.4. The lowest BCUT2D eigenvalue weighted by atomic mass is 10.2. The van der Waals surface area contributed by atoms with E-state index < -0.39 is 10.2 Å². The minimum Gasteiger partial charge on any atom is -0.368 e. The molecule has 0 atom stereocenters. The highest BCUT2D eigenvalue weighted by Crippen LogP contribution is 2.33. The normalized spacial score (nSPS) is 16.3. The lowest BCUT2D eigenvalue weighted by molar-refractivity contribution is 0.437. The van der Waals surface area contributed by atoms with Crippen molar-refractivity contribution in [1.29, 1.82) is 0 Å². The van der Waals surface area contributed by atoms with Crippen LogP contribution in [-0.4, -0.2) is 43.9 Å². The quantitative estimate of drug-likeness (QED) is 0.830. The van der Waals surface area contributed by atoms with Crippen LogP contribution in [0, 0.1) is 6.92 Å². The minimum atomic E-state index is -3.62. The van der Waals surface area contributed by atoms with Gasteiger partial charge in [-0.05, 0) is 25.5 Å². The van der Waals surface area contributed by atoms with Crippen LogP contribution in [0.3, 0.4) is 0 Å². The Morgan fingerprint density at radius 1 is 1.00 bits per heavy atom. The first-order valence-electron chi connectivity index (χ1n) is 8.25. The molecule has 140 valence electrons. The fraction of sp³-hybridized carbons (Fsp3) is 0.353. The first kappa shape index (κ1) is 19.2. The van der Waals surface area contributed by atoms with Gasteiger partial charge in [-0.1, -0.05) is 40.9 Å². The van der Waals surface area contributed by atoms with Crippen molar-refractivity contribution in [2.24, 2.45) is 0 Å².